The number of methoxy groups -OCH3 is 2. The summed E-state index contributed by atoms with van der Waals surface area (Å²) >= 11 is 0. The number of carbonyl (C=O) groups excluding carboxylic acids is 1. The van der Waals surface area contributed by atoms with Crippen molar-refractivity contribution in [3.05, 3.63) is 23.8 Å². The molecule has 0 radical (unpaired) electrons. The standard InChI is InChI=1S/C15H21NO4/c1-18-13-4-3-5-14(19-2)12(13)6-7-15(17)16-8-10-20-11-9-16/h3-5H,6-11H2,1-2H3. The van der Waals surface area contributed by atoms with Gasteiger partial charge in [-0.3, -0.25) is 4.79 Å². The highest BCUT2D eigenvalue weighted by atomic mass is 16.5. The smallest absolute Gasteiger partial charge is 0.223 e. The minimum Gasteiger partial charge on any atom is -0.496 e. The number of carbonyl (C=O) groups is 1. The molecule has 0 aliphatic carbocycles. The van der Waals surface area contributed by atoms with Gasteiger partial charge in [0.2, 0.25) is 5.91 Å². The Morgan fingerprint density at radius 2 is 1.80 bits per heavy atom. The van der Waals surface area contributed by atoms with Gasteiger partial charge in [0.1, 0.15) is 11.5 Å². The molecule has 5 heteroatoms. The van der Waals surface area contributed by atoms with Crippen LogP contribution in [-0.2, 0) is 16.0 Å². The van der Waals surface area contributed by atoms with Gasteiger partial charge in [0.25, 0.3) is 0 Å². The van der Waals surface area contributed by atoms with Gasteiger partial charge in [-0.05, 0) is 18.6 Å². The summed E-state index contributed by atoms with van der Waals surface area (Å²) < 4.78 is 15.9. The largest absolute Gasteiger partial charge is 0.496 e. The first-order valence-electron chi connectivity index (χ1n) is 6.81. The summed E-state index contributed by atoms with van der Waals surface area (Å²) in [5.74, 6) is 1.68. The van der Waals surface area contributed by atoms with E-state index < -0.39 is 0 Å². The second kappa shape index (κ2) is 7.14. The fraction of sp³-hybridized carbons (Fsp3) is 0.533. The zero-order chi connectivity index (χ0) is 14.4. The van der Waals surface area contributed by atoms with E-state index in [1.807, 2.05) is 23.1 Å². The van der Waals surface area contributed by atoms with Crippen molar-refractivity contribution in [2.24, 2.45) is 0 Å². The maximum absolute atomic E-state index is 12.2. The van der Waals surface area contributed by atoms with Gasteiger partial charge in [0.15, 0.2) is 0 Å². The van der Waals surface area contributed by atoms with E-state index in [0.717, 1.165) is 17.1 Å². The van der Waals surface area contributed by atoms with Crippen molar-refractivity contribution < 1.29 is 19.0 Å². The van der Waals surface area contributed by atoms with Crippen molar-refractivity contribution in [1.82, 2.24) is 4.90 Å². The molecule has 0 atom stereocenters. The van der Waals surface area contributed by atoms with Crippen LogP contribution in [-0.4, -0.2) is 51.3 Å². The summed E-state index contributed by atoms with van der Waals surface area (Å²) in [4.78, 5) is 14.0. The monoisotopic (exact) mass is 279 g/mol. The molecule has 0 spiro atoms. The summed E-state index contributed by atoms with van der Waals surface area (Å²) in [6.45, 7) is 2.62. The molecule has 1 aromatic rings. The molecular formula is C15H21NO4. The molecule has 1 fully saturated rings. The Bertz CT molecular complexity index is 433. The molecule has 1 aliphatic heterocycles. The van der Waals surface area contributed by atoms with Gasteiger partial charge in [-0.15, -0.1) is 0 Å². The van der Waals surface area contributed by atoms with Gasteiger partial charge in [-0.2, -0.15) is 0 Å². The van der Waals surface area contributed by atoms with Gasteiger partial charge in [0.05, 0.1) is 27.4 Å². The van der Waals surface area contributed by atoms with Crippen LogP contribution in [0.5, 0.6) is 11.5 Å². The lowest BCUT2D eigenvalue weighted by Gasteiger charge is -2.27. The number of hydrogen-bond donors (Lipinski definition) is 0. The minimum atomic E-state index is 0.154. The van der Waals surface area contributed by atoms with Gasteiger partial charge < -0.3 is 19.1 Å². The first-order chi connectivity index (χ1) is 9.76. The molecule has 1 heterocycles. The fourth-order valence-electron chi connectivity index (χ4n) is 2.38. The van der Waals surface area contributed by atoms with Crippen molar-refractivity contribution in [1.29, 1.82) is 0 Å². The van der Waals surface area contributed by atoms with E-state index in [0.29, 0.717) is 39.1 Å². The number of ether oxygens (including phenoxy) is 3. The molecule has 1 amide bonds. The number of nitrogens with zero attached hydrogens (tertiary/aromatic N) is 1. The molecule has 1 saturated heterocycles. The summed E-state index contributed by atoms with van der Waals surface area (Å²) in [5.41, 5.74) is 0.944. The lowest BCUT2D eigenvalue weighted by molar-refractivity contribution is -0.135. The average molecular weight is 279 g/mol. The Labute approximate surface area is 119 Å². The van der Waals surface area contributed by atoms with E-state index in [1.165, 1.54) is 0 Å². The zero-order valence-electron chi connectivity index (χ0n) is 12.1. The molecule has 0 saturated carbocycles. The molecule has 110 valence electrons. The van der Waals surface area contributed by atoms with Gasteiger partial charge >= 0.3 is 0 Å². The van der Waals surface area contributed by atoms with Crippen LogP contribution >= 0.6 is 0 Å². The third-order valence-corrected chi connectivity index (χ3v) is 3.48. The van der Waals surface area contributed by atoms with Crippen molar-refractivity contribution >= 4 is 5.91 Å². The van der Waals surface area contributed by atoms with E-state index in [1.54, 1.807) is 14.2 Å². The Hall–Kier alpha value is -1.75. The molecular weight excluding hydrogens is 258 g/mol. The molecule has 20 heavy (non-hydrogen) atoms. The number of amides is 1. The van der Waals surface area contributed by atoms with Crippen LogP contribution in [0, 0.1) is 0 Å². The quantitative estimate of drug-likeness (QED) is 0.819. The maximum atomic E-state index is 12.2. The van der Waals surface area contributed by atoms with Gasteiger partial charge in [-0.1, -0.05) is 6.07 Å². The highest BCUT2D eigenvalue weighted by Crippen LogP contribution is 2.29. The van der Waals surface area contributed by atoms with Gasteiger partial charge in [-0.25, -0.2) is 0 Å². The first-order valence-corrected chi connectivity index (χ1v) is 6.81. The molecule has 0 unspecified atom stereocenters. The molecule has 0 aromatic heterocycles. The van der Waals surface area contributed by atoms with Crippen LogP contribution in [0.4, 0.5) is 0 Å². The molecule has 5 nitrogen and oxygen atoms in total. The molecule has 0 N–H and O–H groups in total. The van der Waals surface area contributed by atoms with E-state index in [9.17, 15) is 4.79 Å². The van der Waals surface area contributed by atoms with Crippen molar-refractivity contribution in [2.45, 2.75) is 12.8 Å². The fourth-order valence-corrected chi connectivity index (χ4v) is 2.38. The van der Waals surface area contributed by atoms with Crippen LogP contribution in [0.15, 0.2) is 18.2 Å². The molecule has 1 aliphatic rings. The van der Waals surface area contributed by atoms with E-state index >= 15 is 0 Å². The lowest BCUT2D eigenvalue weighted by atomic mass is 10.1. The van der Waals surface area contributed by atoms with Crippen LogP contribution in [0.3, 0.4) is 0 Å². The Kier molecular flexibility index (Phi) is 5.24. The second-order valence-electron chi connectivity index (χ2n) is 4.63. The Morgan fingerprint density at radius 3 is 2.35 bits per heavy atom. The van der Waals surface area contributed by atoms with Crippen molar-refractivity contribution in [3.8, 4) is 11.5 Å². The summed E-state index contributed by atoms with van der Waals surface area (Å²) in [6, 6.07) is 5.65. The molecule has 0 bridgehead atoms. The Balaban J connectivity index is 2.00. The van der Waals surface area contributed by atoms with Crippen LogP contribution in [0.2, 0.25) is 0 Å². The lowest BCUT2D eigenvalue weighted by Crippen LogP contribution is -2.40. The summed E-state index contributed by atoms with van der Waals surface area (Å²) in [5, 5.41) is 0. The number of hydrogen-bond acceptors (Lipinski definition) is 4. The summed E-state index contributed by atoms with van der Waals surface area (Å²) in [7, 11) is 3.25. The number of rotatable bonds is 5. The highest BCUT2D eigenvalue weighted by Gasteiger charge is 2.18. The summed E-state index contributed by atoms with van der Waals surface area (Å²) in [6.07, 6.45) is 1.07. The highest BCUT2D eigenvalue weighted by molar-refractivity contribution is 5.76. The predicted octanol–water partition coefficient (Wildman–Crippen LogP) is 1.50. The number of benzene rings is 1. The van der Waals surface area contributed by atoms with Crippen molar-refractivity contribution in [3.63, 3.8) is 0 Å². The predicted molar refractivity (Wildman–Crippen MR) is 75.3 cm³/mol. The maximum Gasteiger partial charge on any atom is 0.223 e. The minimum absolute atomic E-state index is 0.154. The topological polar surface area (TPSA) is 48.0 Å². The molecule has 1 aromatic carbocycles. The SMILES string of the molecule is COc1cccc(OC)c1CCC(=O)N1CCOCC1. The number of morpholine rings is 1. The third-order valence-electron chi connectivity index (χ3n) is 3.48. The van der Waals surface area contributed by atoms with E-state index in [4.69, 9.17) is 14.2 Å². The van der Waals surface area contributed by atoms with Gasteiger partial charge in [0, 0.05) is 25.1 Å². The second-order valence-corrected chi connectivity index (χ2v) is 4.63. The van der Waals surface area contributed by atoms with Crippen LogP contribution < -0.4 is 9.47 Å². The first kappa shape index (κ1) is 14.7. The average Bonchev–Trinajstić information content (AvgIpc) is 2.52. The Morgan fingerprint density at radius 1 is 1.20 bits per heavy atom. The van der Waals surface area contributed by atoms with E-state index in [-0.39, 0.29) is 5.91 Å². The van der Waals surface area contributed by atoms with Crippen LogP contribution in [0.1, 0.15) is 12.0 Å². The van der Waals surface area contributed by atoms with Crippen LogP contribution in [0.25, 0.3) is 0 Å². The zero-order valence-corrected chi connectivity index (χ0v) is 12.1. The van der Waals surface area contributed by atoms with E-state index in [2.05, 4.69) is 0 Å². The van der Waals surface area contributed by atoms with Crippen molar-refractivity contribution in [2.75, 3.05) is 40.5 Å². The normalized spacial score (nSPS) is 15.0. The molecule has 2 rings (SSSR count). The third kappa shape index (κ3) is 3.42.